The maximum absolute atomic E-state index is 13.0. The van der Waals surface area contributed by atoms with Gasteiger partial charge in [-0.3, -0.25) is 14.4 Å². The maximum Gasteiger partial charge on any atom is 0.315 e. The Labute approximate surface area is 218 Å². The van der Waals surface area contributed by atoms with Crippen LogP contribution >= 0.6 is 0 Å². The molecule has 0 spiro atoms. The van der Waals surface area contributed by atoms with E-state index >= 15 is 0 Å². The van der Waals surface area contributed by atoms with Crippen molar-refractivity contribution in [1.82, 2.24) is 21.3 Å². The van der Waals surface area contributed by atoms with Crippen molar-refractivity contribution in [2.75, 3.05) is 7.11 Å². The summed E-state index contributed by atoms with van der Waals surface area (Å²) in [4.78, 5) is 50.9. The third-order valence-electron chi connectivity index (χ3n) is 5.83. The van der Waals surface area contributed by atoms with E-state index in [9.17, 15) is 19.2 Å². The van der Waals surface area contributed by atoms with Crippen molar-refractivity contribution in [3.8, 4) is 5.75 Å². The average Bonchev–Trinajstić information content (AvgIpc) is 2.88. The van der Waals surface area contributed by atoms with Crippen LogP contribution < -0.4 is 26.0 Å². The van der Waals surface area contributed by atoms with Gasteiger partial charge in [-0.2, -0.15) is 0 Å². The van der Waals surface area contributed by atoms with Crippen LogP contribution in [0.15, 0.2) is 48.5 Å². The van der Waals surface area contributed by atoms with Crippen molar-refractivity contribution >= 4 is 23.6 Å². The molecule has 4 N–H and O–H groups in total. The molecule has 0 bridgehead atoms. The third-order valence-corrected chi connectivity index (χ3v) is 5.83. The number of ketones is 1. The van der Waals surface area contributed by atoms with Gasteiger partial charge in [0.05, 0.1) is 13.2 Å². The number of hydrogen-bond donors (Lipinski definition) is 4. The normalized spacial score (nSPS) is 12.3. The molecule has 0 saturated carbocycles. The molecule has 0 aliphatic carbocycles. The van der Waals surface area contributed by atoms with Crippen LogP contribution in [0.4, 0.5) is 4.79 Å². The van der Waals surface area contributed by atoms with Gasteiger partial charge in [0, 0.05) is 18.7 Å². The molecule has 9 heteroatoms. The maximum atomic E-state index is 13.0. The molecule has 0 fully saturated rings. The summed E-state index contributed by atoms with van der Waals surface area (Å²) in [6.07, 6.45) is 0.592. The zero-order chi connectivity index (χ0) is 27.4. The fourth-order valence-electron chi connectivity index (χ4n) is 3.88. The van der Waals surface area contributed by atoms with E-state index in [0.29, 0.717) is 18.7 Å². The quantitative estimate of drug-likeness (QED) is 0.308. The van der Waals surface area contributed by atoms with Crippen molar-refractivity contribution in [2.45, 2.75) is 65.7 Å². The molecule has 0 aliphatic heterocycles. The van der Waals surface area contributed by atoms with Gasteiger partial charge in [0.25, 0.3) is 5.91 Å². The number of aryl methyl sites for hydroxylation is 1. The second-order valence-corrected chi connectivity index (χ2v) is 9.28. The van der Waals surface area contributed by atoms with Crippen LogP contribution in [0.2, 0.25) is 0 Å². The van der Waals surface area contributed by atoms with E-state index in [2.05, 4.69) is 21.3 Å². The summed E-state index contributed by atoms with van der Waals surface area (Å²) in [5, 5.41) is 10.7. The second-order valence-electron chi connectivity index (χ2n) is 9.28. The van der Waals surface area contributed by atoms with Gasteiger partial charge in [0.2, 0.25) is 11.7 Å². The Bertz CT molecular complexity index is 1070. The van der Waals surface area contributed by atoms with E-state index in [0.717, 1.165) is 16.7 Å². The number of urea groups is 1. The van der Waals surface area contributed by atoms with Crippen molar-refractivity contribution < 1.29 is 23.9 Å². The highest BCUT2D eigenvalue weighted by Crippen LogP contribution is 2.22. The van der Waals surface area contributed by atoms with Crippen LogP contribution in [0.1, 0.15) is 50.3 Å². The van der Waals surface area contributed by atoms with E-state index in [1.54, 1.807) is 20.1 Å². The fraction of sp³-hybridized carbons (Fsp3) is 0.429. The van der Waals surface area contributed by atoms with E-state index in [-0.39, 0.29) is 18.9 Å². The number of ether oxygens (including phenoxy) is 1. The Hall–Kier alpha value is -3.88. The molecule has 200 valence electrons. The van der Waals surface area contributed by atoms with Crippen LogP contribution in [-0.4, -0.2) is 42.8 Å². The monoisotopic (exact) mass is 510 g/mol. The molecule has 2 unspecified atom stereocenters. The highest BCUT2D eigenvalue weighted by Gasteiger charge is 2.29. The lowest BCUT2D eigenvalue weighted by molar-refractivity contribution is -0.140. The molecule has 4 amide bonds. The lowest BCUT2D eigenvalue weighted by Gasteiger charge is -2.23. The summed E-state index contributed by atoms with van der Waals surface area (Å²) in [6, 6.07) is 12.6. The first-order valence-electron chi connectivity index (χ1n) is 12.5. The molecule has 0 aliphatic rings. The van der Waals surface area contributed by atoms with E-state index in [1.807, 2.05) is 63.2 Å². The molecular formula is C28H38N4O5. The number of amides is 4. The van der Waals surface area contributed by atoms with E-state index in [4.69, 9.17) is 4.74 Å². The molecule has 9 nitrogen and oxygen atoms in total. The third kappa shape index (κ3) is 9.25. The summed E-state index contributed by atoms with van der Waals surface area (Å²) in [5.41, 5.74) is 2.58. The van der Waals surface area contributed by atoms with Gasteiger partial charge in [-0.15, -0.1) is 0 Å². The molecule has 0 saturated heterocycles. The summed E-state index contributed by atoms with van der Waals surface area (Å²) in [7, 11) is 1.55. The number of carbonyl (C=O) groups is 4. The zero-order valence-electron chi connectivity index (χ0n) is 22.2. The summed E-state index contributed by atoms with van der Waals surface area (Å²) in [5.74, 6) is -1.32. The molecule has 2 rings (SSSR count). The van der Waals surface area contributed by atoms with Gasteiger partial charge in [-0.05, 0) is 36.8 Å². The Kier molecular flexibility index (Phi) is 11.6. The Morgan fingerprint density at radius 2 is 1.57 bits per heavy atom. The molecule has 2 aromatic carbocycles. The van der Waals surface area contributed by atoms with Crippen LogP contribution in [0, 0.1) is 12.8 Å². The number of benzene rings is 2. The first-order valence-corrected chi connectivity index (χ1v) is 12.5. The average molecular weight is 511 g/mol. The van der Waals surface area contributed by atoms with Crippen molar-refractivity contribution in [2.24, 2.45) is 5.92 Å². The Morgan fingerprint density at radius 3 is 2.19 bits per heavy atom. The van der Waals surface area contributed by atoms with Crippen LogP contribution in [0.25, 0.3) is 0 Å². The SMILES string of the molecule is CCC(NC(=O)C(CC(C)C)NC(=O)NCc1ccccc1)C(=O)C(=O)NCc1cccc(C)c1OC. The minimum absolute atomic E-state index is 0.105. The molecule has 0 aromatic heterocycles. The zero-order valence-corrected chi connectivity index (χ0v) is 22.2. The molecule has 2 atom stereocenters. The van der Waals surface area contributed by atoms with Gasteiger partial charge in [0.15, 0.2) is 0 Å². The van der Waals surface area contributed by atoms with Crippen molar-refractivity contribution in [3.05, 3.63) is 65.2 Å². The number of nitrogens with one attached hydrogen (secondary N) is 4. The topological polar surface area (TPSA) is 126 Å². The van der Waals surface area contributed by atoms with E-state index in [1.165, 1.54) is 0 Å². The standard InChI is InChI=1S/C28H38N4O5/c1-6-22(24(33)27(35)29-17-21-14-10-11-19(4)25(21)37-5)31-26(34)23(15-18(2)3)32-28(36)30-16-20-12-8-7-9-13-20/h7-14,18,22-23H,6,15-17H2,1-5H3,(H,29,35)(H,31,34)(H2,30,32,36). The number of para-hydroxylation sites is 1. The first-order chi connectivity index (χ1) is 17.7. The summed E-state index contributed by atoms with van der Waals surface area (Å²) in [6.45, 7) is 7.88. The highest BCUT2D eigenvalue weighted by molar-refractivity contribution is 6.38. The molecule has 0 radical (unpaired) electrons. The summed E-state index contributed by atoms with van der Waals surface area (Å²) >= 11 is 0. The number of carbonyl (C=O) groups excluding carboxylic acids is 4. The van der Waals surface area contributed by atoms with Gasteiger partial charge in [-0.25, -0.2) is 4.79 Å². The van der Waals surface area contributed by atoms with Gasteiger partial charge >= 0.3 is 6.03 Å². The highest BCUT2D eigenvalue weighted by atomic mass is 16.5. The first kappa shape index (κ1) is 29.4. The summed E-state index contributed by atoms with van der Waals surface area (Å²) < 4.78 is 5.39. The predicted molar refractivity (Wildman–Crippen MR) is 142 cm³/mol. The smallest absolute Gasteiger partial charge is 0.315 e. The largest absolute Gasteiger partial charge is 0.496 e. The molecule has 0 heterocycles. The van der Waals surface area contributed by atoms with Crippen molar-refractivity contribution in [3.63, 3.8) is 0 Å². The van der Waals surface area contributed by atoms with E-state index < -0.39 is 35.7 Å². The van der Waals surface area contributed by atoms with Gasteiger partial charge < -0.3 is 26.0 Å². The minimum atomic E-state index is -1.02. The van der Waals surface area contributed by atoms with Crippen LogP contribution in [0.5, 0.6) is 5.75 Å². The van der Waals surface area contributed by atoms with Crippen LogP contribution in [0.3, 0.4) is 0 Å². The minimum Gasteiger partial charge on any atom is -0.496 e. The molecule has 2 aromatic rings. The lowest BCUT2D eigenvalue weighted by atomic mass is 10.0. The van der Waals surface area contributed by atoms with Crippen molar-refractivity contribution in [1.29, 1.82) is 0 Å². The Morgan fingerprint density at radius 1 is 0.865 bits per heavy atom. The fourth-order valence-corrected chi connectivity index (χ4v) is 3.88. The van der Waals surface area contributed by atoms with Gasteiger partial charge in [0.1, 0.15) is 11.8 Å². The number of methoxy groups -OCH3 is 1. The number of Topliss-reactive ketones (excluding diaryl/α,β-unsaturated/α-hetero) is 1. The molecule has 37 heavy (non-hydrogen) atoms. The Balaban J connectivity index is 1.98. The number of rotatable bonds is 13. The molecular weight excluding hydrogens is 472 g/mol. The van der Waals surface area contributed by atoms with Crippen LogP contribution in [-0.2, 0) is 27.5 Å². The second kappa shape index (κ2) is 14.6. The van der Waals surface area contributed by atoms with Gasteiger partial charge in [-0.1, -0.05) is 69.3 Å². The lowest BCUT2D eigenvalue weighted by Crippen LogP contribution is -2.55. The predicted octanol–water partition coefficient (Wildman–Crippen LogP) is 3.00. The number of hydrogen-bond acceptors (Lipinski definition) is 5.